The molecule has 130 valence electrons. The number of anilines is 1. The van der Waals surface area contributed by atoms with Crippen molar-refractivity contribution < 1.29 is 9.59 Å². The third-order valence-corrected chi connectivity index (χ3v) is 4.78. The molecule has 1 aliphatic rings. The summed E-state index contributed by atoms with van der Waals surface area (Å²) in [6.07, 6.45) is 2.13. The van der Waals surface area contributed by atoms with Gasteiger partial charge in [-0.25, -0.2) is 0 Å². The lowest BCUT2D eigenvalue weighted by atomic mass is 10.1. The van der Waals surface area contributed by atoms with Crippen molar-refractivity contribution in [2.45, 2.75) is 33.1 Å². The van der Waals surface area contributed by atoms with Crippen molar-refractivity contribution in [2.24, 2.45) is 0 Å². The van der Waals surface area contributed by atoms with Gasteiger partial charge < -0.3 is 10.2 Å². The fourth-order valence-electron chi connectivity index (χ4n) is 3.30. The molecule has 2 aromatic carbocycles. The molecule has 2 amide bonds. The molecule has 0 atom stereocenters. The van der Waals surface area contributed by atoms with Gasteiger partial charge in [-0.3, -0.25) is 9.59 Å². The van der Waals surface area contributed by atoms with Gasteiger partial charge in [0.1, 0.15) is 0 Å². The first-order valence-corrected chi connectivity index (χ1v) is 8.86. The molecule has 2 aromatic rings. The number of amides is 2. The largest absolute Gasteiger partial charge is 0.352 e. The van der Waals surface area contributed by atoms with Gasteiger partial charge in [-0.2, -0.15) is 0 Å². The highest BCUT2D eigenvalue weighted by Gasteiger charge is 2.24. The van der Waals surface area contributed by atoms with Gasteiger partial charge in [0.05, 0.1) is 0 Å². The van der Waals surface area contributed by atoms with Crippen LogP contribution in [0.15, 0.2) is 42.5 Å². The quantitative estimate of drug-likeness (QED) is 0.911. The zero-order chi connectivity index (χ0) is 17.8. The molecule has 1 heterocycles. The Morgan fingerprint density at radius 2 is 1.96 bits per heavy atom. The molecule has 1 N–H and O–H groups in total. The summed E-state index contributed by atoms with van der Waals surface area (Å²) in [6.45, 7) is 5.28. The molecule has 1 aliphatic heterocycles. The van der Waals surface area contributed by atoms with Crippen molar-refractivity contribution in [3.63, 3.8) is 0 Å². The van der Waals surface area contributed by atoms with Crippen LogP contribution in [-0.2, 0) is 17.6 Å². The third-order valence-electron chi connectivity index (χ3n) is 4.78. The van der Waals surface area contributed by atoms with E-state index in [4.69, 9.17) is 0 Å². The number of carbonyl (C=O) groups excluding carboxylic acids is 2. The van der Waals surface area contributed by atoms with Gasteiger partial charge in [-0.15, -0.1) is 0 Å². The van der Waals surface area contributed by atoms with E-state index in [0.29, 0.717) is 25.1 Å². The molecule has 25 heavy (non-hydrogen) atoms. The first-order valence-electron chi connectivity index (χ1n) is 8.86. The number of fused-ring (bicyclic) bond motifs is 1. The highest BCUT2D eigenvalue weighted by atomic mass is 16.2. The number of carbonyl (C=O) groups is 2. The van der Waals surface area contributed by atoms with Crippen LogP contribution in [0.1, 0.15) is 40.4 Å². The number of hydrogen-bond acceptors (Lipinski definition) is 2. The van der Waals surface area contributed by atoms with Crippen LogP contribution in [0.25, 0.3) is 0 Å². The minimum atomic E-state index is -0.0587. The Bertz CT molecular complexity index is 798. The van der Waals surface area contributed by atoms with E-state index in [0.717, 1.165) is 24.1 Å². The van der Waals surface area contributed by atoms with E-state index in [1.807, 2.05) is 42.2 Å². The summed E-state index contributed by atoms with van der Waals surface area (Å²) in [5.74, 6) is 0.0748. The lowest BCUT2D eigenvalue weighted by Crippen LogP contribution is -2.28. The van der Waals surface area contributed by atoms with Crippen LogP contribution in [0.5, 0.6) is 0 Å². The van der Waals surface area contributed by atoms with Gasteiger partial charge in [-0.05, 0) is 54.7 Å². The summed E-state index contributed by atoms with van der Waals surface area (Å²) in [7, 11) is 0. The van der Waals surface area contributed by atoms with Gasteiger partial charge in [0.2, 0.25) is 5.91 Å². The molecular formula is C21H24N2O2. The van der Waals surface area contributed by atoms with E-state index < -0.39 is 0 Å². The maximum absolute atomic E-state index is 12.4. The van der Waals surface area contributed by atoms with Crippen molar-refractivity contribution in [1.82, 2.24) is 5.32 Å². The number of hydrogen-bond donors (Lipinski definition) is 1. The second-order valence-electron chi connectivity index (χ2n) is 6.42. The Balaban J connectivity index is 1.62. The SMILES string of the molecule is CCC(=O)N1CCc2cc(C(=O)NCCc3ccccc3C)ccc21. The molecule has 0 saturated heterocycles. The van der Waals surface area contributed by atoms with Gasteiger partial charge >= 0.3 is 0 Å². The summed E-state index contributed by atoms with van der Waals surface area (Å²) in [5.41, 5.74) is 5.19. The van der Waals surface area contributed by atoms with Gasteiger partial charge in [-0.1, -0.05) is 31.2 Å². The Morgan fingerprint density at radius 3 is 2.72 bits per heavy atom. The number of rotatable bonds is 5. The predicted octanol–water partition coefficient (Wildman–Crippen LogP) is 3.27. The number of benzene rings is 2. The Hall–Kier alpha value is -2.62. The van der Waals surface area contributed by atoms with E-state index in [1.54, 1.807) is 0 Å². The van der Waals surface area contributed by atoms with Gasteiger partial charge in [0.25, 0.3) is 5.91 Å². The van der Waals surface area contributed by atoms with Gasteiger partial charge in [0, 0.05) is 30.8 Å². The maximum atomic E-state index is 12.4. The van der Waals surface area contributed by atoms with Crippen LogP contribution < -0.4 is 10.2 Å². The molecule has 0 bridgehead atoms. The van der Waals surface area contributed by atoms with E-state index in [-0.39, 0.29) is 11.8 Å². The monoisotopic (exact) mass is 336 g/mol. The summed E-state index contributed by atoms with van der Waals surface area (Å²) in [6, 6.07) is 13.8. The molecule has 0 aliphatic carbocycles. The van der Waals surface area contributed by atoms with Crippen LogP contribution in [-0.4, -0.2) is 24.9 Å². The smallest absolute Gasteiger partial charge is 0.251 e. The average molecular weight is 336 g/mol. The second-order valence-corrected chi connectivity index (χ2v) is 6.42. The number of nitrogens with zero attached hydrogens (tertiary/aromatic N) is 1. The lowest BCUT2D eigenvalue weighted by Gasteiger charge is -2.16. The molecule has 0 aromatic heterocycles. The molecule has 3 rings (SSSR count). The number of aryl methyl sites for hydroxylation is 1. The molecule has 4 heteroatoms. The standard InChI is InChI=1S/C21H24N2O2/c1-3-20(24)23-13-11-17-14-18(8-9-19(17)23)21(25)22-12-10-16-7-5-4-6-15(16)2/h4-9,14H,3,10-13H2,1-2H3,(H,22,25). The molecule has 4 nitrogen and oxygen atoms in total. The highest BCUT2D eigenvalue weighted by Crippen LogP contribution is 2.29. The fourth-order valence-corrected chi connectivity index (χ4v) is 3.30. The van der Waals surface area contributed by atoms with E-state index in [9.17, 15) is 9.59 Å². The number of nitrogens with one attached hydrogen (secondary N) is 1. The zero-order valence-electron chi connectivity index (χ0n) is 14.8. The molecule has 0 spiro atoms. The average Bonchev–Trinajstić information content (AvgIpc) is 3.05. The minimum absolute atomic E-state index is 0.0587. The Morgan fingerprint density at radius 1 is 1.16 bits per heavy atom. The predicted molar refractivity (Wildman–Crippen MR) is 100 cm³/mol. The first-order chi connectivity index (χ1) is 12.1. The van der Waals surface area contributed by atoms with E-state index in [2.05, 4.69) is 24.4 Å². The molecule has 0 unspecified atom stereocenters. The molecular weight excluding hydrogens is 312 g/mol. The summed E-state index contributed by atoms with van der Waals surface area (Å²) >= 11 is 0. The van der Waals surface area contributed by atoms with Crippen LogP contribution >= 0.6 is 0 Å². The normalized spacial score (nSPS) is 12.8. The molecule has 0 saturated carbocycles. The third kappa shape index (κ3) is 3.73. The van der Waals surface area contributed by atoms with Crippen LogP contribution in [0, 0.1) is 6.92 Å². The van der Waals surface area contributed by atoms with Crippen molar-refractivity contribution in [2.75, 3.05) is 18.0 Å². The van der Waals surface area contributed by atoms with Crippen molar-refractivity contribution in [3.05, 3.63) is 64.7 Å². The second kappa shape index (κ2) is 7.51. The Kier molecular flexibility index (Phi) is 5.17. The van der Waals surface area contributed by atoms with Crippen molar-refractivity contribution >= 4 is 17.5 Å². The van der Waals surface area contributed by atoms with E-state index >= 15 is 0 Å². The van der Waals surface area contributed by atoms with Crippen molar-refractivity contribution in [1.29, 1.82) is 0 Å². The zero-order valence-corrected chi connectivity index (χ0v) is 14.8. The Labute approximate surface area is 148 Å². The maximum Gasteiger partial charge on any atom is 0.251 e. The topological polar surface area (TPSA) is 49.4 Å². The fraction of sp³-hybridized carbons (Fsp3) is 0.333. The summed E-state index contributed by atoms with van der Waals surface area (Å²) in [4.78, 5) is 26.2. The first kappa shape index (κ1) is 17.2. The van der Waals surface area contributed by atoms with Crippen molar-refractivity contribution in [3.8, 4) is 0 Å². The van der Waals surface area contributed by atoms with E-state index in [1.165, 1.54) is 11.1 Å². The summed E-state index contributed by atoms with van der Waals surface area (Å²) in [5, 5.41) is 2.99. The van der Waals surface area contributed by atoms with Gasteiger partial charge in [0.15, 0.2) is 0 Å². The minimum Gasteiger partial charge on any atom is -0.352 e. The highest BCUT2D eigenvalue weighted by molar-refractivity contribution is 5.98. The van der Waals surface area contributed by atoms with Crippen LogP contribution in [0.4, 0.5) is 5.69 Å². The molecule has 0 radical (unpaired) electrons. The van der Waals surface area contributed by atoms with Crippen LogP contribution in [0.2, 0.25) is 0 Å². The lowest BCUT2D eigenvalue weighted by molar-refractivity contribution is -0.118. The molecule has 0 fully saturated rings. The van der Waals surface area contributed by atoms with Crippen LogP contribution in [0.3, 0.4) is 0 Å². The summed E-state index contributed by atoms with van der Waals surface area (Å²) < 4.78 is 0.